The molecule has 6 nitrogen and oxygen atoms in total. The van der Waals surface area contributed by atoms with E-state index in [0.29, 0.717) is 0 Å². The highest BCUT2D eigenvalue weighted by atomic mass is 19.2. The van der Waals surface area contributed by atoms with Crippen LogP contribution in [0.25, 0.3) is 46.2 Å². The van der Waals surface area contributed by atoms with Crippen molar-refractivity contribution in [3.05, 3.63) is 172 Å². The molecule has 1 saturated carbocycles. The molecule has 0 bridgehead atoms. The monoisotopic (exact) mass is 672 g/mol. The highest BCUT2D eigenvalue weighted by Crippen LogP contribution is 2.59. The van der Waals surface area contributed by atoms with Crippen molar-refractivity contribution in [2.24, 2.45) is 0 Å². The van der Waals surface area contributed by atoms with Crippen molar-refractivity contribution in [3.63, 3.8) is 0 Å². The summed E-state index contributed by atoms with van der Waals surface area (Å²) in [4.78, 5) is 14.6. The molecule has 0 heterocycles. The van der Waals surface area contributed by atoms with Crippen LogP contribution in [-0.4, -0.2) is 0 Å². The highest BCUT2D eigenvalue weighted by molar-refractivity contribution is 6.09. The van der Waals surface area contributed by atoms with Gasteiger partial charge in [-0.15, -0.1) is 0 Å². The molecule has 234 valence electrons. The van der Waals surface area contributed by atoms with Gasteiger partial charge in [0.1, 0.15) is 34.9 Å². The summed E-state index contributed by atoms with van der Waals surface area (Å²) in [7, 11) is 0. The number of hydrogen-bond donors (Lipinski definition) is 0. The van der Waals surface area contributed by atoms with Gasteiger partial charge in [-0.3, -0.25) is 0 Å². The van der Waals surface area contributed by atoms with E-state index in [0.717, 1.165) is 0 Å². The Morgan fingerprint density at radius 1 is 0.292 bits per heavy atom. The standard InChI is InChI=1S/C30F12N6/c1-43-25(10-13(31)19(37)28(46-4)20(38)14(10)32)7-8(26(44-2)11-15(33)21(39)29(47-5)22(40)16(11)34)9(7)27(45-3)12-17(35)23(41)30(48-6)24(42)18(12)36. The highest BCUT2D eigenvalue weighted by Gasteiger charge is 2.45. The molecule has 4 rings (SSSR count). The minimum atomic E-state index is -2.50. The van der Waals surface area contributed by atoms with E-state index in [1.165, 1.54) is 0 Å². The van der Waals surface area contributed by atoms with Gasteiger partial charge in [-0.25, -0.2) is 81.8 Å². The van der Waals surface area contributed by atoms with Crippen molar-refractivity contribution in [1.29, 1.82) is 0 Å². The molecule has 0 radical (unpaired) electrons. The van der Waals surface area contributed by atoms with E-state index in [-0.39, 0.29) is 0 Å². The van der Waals surface area contributed by atoms with Gasteiger partial charge in [0.05, 0.1) is 56.1 Å². The summed E-state index contributed by atoms with van der Waals surface area (Å²) < 4.78 is 178. The lowest BCUT2D eigenvalue weighted by Gasteiger charge is -2.08. The number of allylic oxidation sites excluding steroid dienone is 3. The summed E-state index contributed by atoms with van der Waals surface area (Å²) in [6.45, 7) is 42.4. The molecule has 48 heavy (non-hydrogen) atoms. The number of hydrogen-bond acceptors (Lipinski definition) is 0. The molecule has 3 aromatic carbocycles. The van der Waals surface area contributed by atoms with Crippen LogP contribution in [-0.2, 0) is 0 Å². The Morgan fingerprint density at radius 2 is 0.458 bits per heavy atom. The number of nitrogens with zero attached hydrogens (tertiary/aromatic N) is 6. The zero-order valence-corrected chi connectivity index (χ0v) is 22.2. The molecule has 18 heteroatoms. The lowest BCUT2D eigenvalue weighted by atomic mass is 10.1. The average molecular weight is 672 g/mol. The molecule has 1 fully saturated rings. The van der Waals surface area contributed by atoms with Gasteiger partial charge < -0.3 is 0 Å². The second-order valence-corrected chi connectivity index (χ2v) is 8.78. The van der Waals surface area contributed by atoms with Gasteiger partial charge in [-0.2, -0.15) is 0 Å². The van der Waals surface area contributed by atoms with Gasteiger partial charge in [-0.05, 0) is 16.7 Å². The van der Waals surface area contributed by atoms with Crippen molar-refractivity contribution in [3.8, 4) is 0 Å². The molecule has 0 atom stereocenters. The average Bonchev–Trinajstić information content (AvgIpc) is 3.78. The minimum Gasteiger partial charge on any atom is -0.237 e. The van der Waals surface area contributed by atoms with E-state index in [1.807, 2.05) is 0 Å². The summed E-state index contributed by atoms with van der Waals surface area (Å²) in [5.74, 6) is -29.5. The normalized spacial score (nSPS) is 11.5. The maximum Gasteiger partial charge on any atom is 0.262 e. The quantitative estimate of drug-likeness (QED) is 0.151. The van der Waals surface area contributed by atoms with Crippen molar-refractivity contribution >= 4 is 34.2 Å². The first-order valence-corrected chi connectivity index (χ1v) is 11.7. The van der Waals surface area contributed by atoms with Gasteiger partial charge in [0.25, 0.3) is 17.1 Å². The third-order valence-corrected chi connectivity index (χ3v) is 6.50. The molecule has 1 aliphatic rings. The zero-order valence-electron chi connectivity index (χ0n) is 22.2. The number of halogens is 12. The second kappa shape index (κ2) is 12.1. The van der Waals surface area contributed by atoms with Crippen LogP contribution in [0.1, 0.15) is 16.7 Å². The largest absolute Gasteiger partial charge is 0.262 e. The predicted molar refractivity (Wildman–Crippen MR) is 138 cm³/mol. The fourth-order valence-corrected chi connectivity index (χ4v) is 4.39. The lowest BCUT2D eigenvalue weighted by molar-refractivity contribution is 0.457. The van der Waals surface area contributed by atoms with E-state index in [4.69, 9.17) is 39.4 Å². The first-order chi connectivity index (χ1) is 22.6. The van der Waals surface area contributed by atoms with Crippen LogP contribution in [0.3, 0.4) is 0 Å². The Bertz CT molecular complexity index is 2070. The molecule has 0 spiro atoms. The number of benzene rings is 3. The molecule has 3 aromatic rings. The van der Waals surface area contributed by atoms with Gasteiger partial charge in [0.2, 0.25) is 17.1 Å². The van der Waals surface area contributed by atoms with Crippen LogP contribution in [0.5, 0.6) is 0 Å². The Morgan fingerprint density at radius 3 is 0.583 bits per heavy atom. The van der Waals surface area contributed by atoms with E-state index in [9.17, 15) is 26.3 Å². The van der Waals surface area contributed by atoms with Crippen LogP contribution >= 0.6 is 0 Å². The van der Waals surface area contributed by atoms with E-state index in [1.54, 1.807) is 0 Å². The smallest absolute Gasteiger partial charge is 0.237 e. The Hall–Kier alpha value is -7.02. The molecule has 0 N–H and O–H groups in total. The van der Waals surface area contributed by atoms with Gasteiger partial charge in [0.15, 0.2) is 34.9 Å². The van der Waals surface area contributed by atoms with Gasteiger partial charge in [-0.1, -0.05) is 0 Å². The van der Waals surface area contributed by atoms with Crippen molar-refractivity contribution in [2.45, 2.75) is 0 Å². The molecular formula is C30F12N6. The Labute approximate surface area is 258 Å². The molecular weight excluding hydrogens is 672 g/mol. The van der Waals surface area contributed by atoms with Gasteiger partial charge in [0, 0.05) is 0 Å². The topological polar surface area (TPSA) is 26.2 Å². The lowest BCUT2D eigenvalue weighted by Crippen LogP contribution is -2.02. The maximum atomic E-state index is 15.1. The van der Waals surface area contributed by atoms with Crippen LogP contribution in [0.4, 0.5) is 69.7 Å². The molecule has 0 unspecified atom stereocenters. The maximum absolute atomic E-state index is 15.1. The summed E-state index contributed by atoms with van der Waals surface area (Å²) in [5.41, 5.74) is -21.2. The first-order valence-electron chi connectivity index (χ1n) is 11.7. The summed E-state index contributed by atoms with van der Waals surface area (Å²) in [6, 6.07) is 0. The Kier molecular flexibility index (Phi) is 8.51. The number of rotatable bonds is 3. The van der Waals surface area contributed by atoms with Crippen molar-refractivity contribution in [2.75, 3.05) is 0 Å². The van der Waals surface area contributed by atoms with Crippen molar-refractivity contribution in [1.82, 2.24) is 0 Å². The zero-order chi connectivity index (χ0) is 36.1. The fraction of sp³-hybridized carbons (Fsp3) is 0. The molecule has 1 aliphatic carbocycles. The summed E-state index contributed by atoms with van der Waals surface area (Å²) in [6.07, 6.45) is 0. The third kappa shape index (κ3) is 4.57. The van der Waals surface area contributed by atoms with Crippen LogP contribution < -0.4 is 0 Å². The molecule has 0 aliphatic heterocycles. The molecule has 0 amide bonds. The van der Waals surface area contributed by atoms with Crippen LogP contribution in [0, 0.1) is 109 Å². The van der Waals surface area contributed by atoms with Crippen LogP contribution in [0.15, 0.2) is 16.7 Å². The molecule has 0 aromatic heterocycles. The van der Waals surface area contributed by atoms with E-state index < -0.39 is 137 Å². The fourth-order valence-electron chi connectivity index (χ4n) is 4.39. The SMILES string of the molecule is [C-]#[N+]C(=C1C(=C([N+]#[C-])c2c(F)c(F)c([N+]#[C-])c(F)c2F)C1=C([N+]#[C-])c1c(F)c(F)c([N+]#[C-])c(F)c1F)c1c(F)c(F)c([N+]#[C-])c(F)c1F. The first kappa shape index (κ1) is 33.9. The second-order valence-electron chi connectivity index (χ2n) is 8.78. The van der Waals surface area contributed by atoms with Gasteiger partial charge >= 0.3 is 0 Å². The summed E-state index contributed by atoms with van der Waals surface area (Å²) >= 11 is 0. The Balaban J connectivity index is 2.38. The third-order valence-electron chi connectivity index (χ3n) is 6.50. The summed E-state index contributed by atoms with van der Waals surface area (Å²) in [5, 5.41) is 0. The van der Waals surface area contributed by atoms with E-state index >= 15 is 26.3 Å². The van der Waals surface area contributed by atoms with Crippen LogP contribution in [0.2, 0.25) is 0 Å². The molecule has 0 saturated heterocycles. The van der Waals surface area contributed by atoms with Crippen molar-refractivity contribution < 1.29 is 52.7 Å². The minimum absolute atomic E-state index is 1.41. The van der Waals surface area contributed by atoms with E-state index in [2.05, 4.69) is 29.1 Å². The predicted octanol–water partition coefficient (Wildman–Crippen LogP) is 10.3.